The van der Waals surface area contributed by atoms with Crippen LogP contribution in [0.3, 0.4) is 0 Å². The summed E-state index contributed by atoms with van der Waals surface area (Å²) in [5, 5.41) is 0. The molecule has 4 nitrogen and oxygen atoms in total. The maximum Gasteiger partial charge on any atom is 0.227 e. The first-order chi connectivity index (χ1) is 11.9. The van der Waals surface area contributed by atoms with Gasteiger partial charge >= 0.3 is 0 Å². The molecule has 0 saturated carbocycles. The van der Waals surface area contributed by atoms with Crippen LogP contribution in [0.1, 0.15) is 24.0 Å². The summed E-state index contributed by atoms with van der Waals surface area (Å²) in [5.41, 5.74) is 1.24. The monoisotopic (exact) mass is 346 g/mol. The molecule has 3 saturated heterocycles. The molecule has 3 fully saturated rings. The van der Waals surface area contributed by atoms with Gasteiger partial charge in [0.1, 0.15) is 5.82 Å². The number of amides is 1. The van der Waals surface area contributed by atoms with Crippen LogP contribution in [0.4, 0.5) is 4.39 Å². The topological polar surface area (TPSA) is 32.8 Å². The van der Waals surface area contributed by atoms with E-state index in [1.165, 1.54) is 6.07 Å². The minimum Gasteiger partial charge on any atom is -0.369 e. The van der Waals surface area contributed by atoms with E-state index in [-0.39, 0.29) is 23.7 Å². The van der Waals surface area contributed by atoms with E-state index in [0.717, 1.165) is 31.5 Å². The Balaban J connectivity index is 1.46. The van der Waals surface area contributed by atoms with Gasteiger partial charge in [-0.05, 0) is 51.1 Å². The Hall–Kier alpha value is -1.46. The second kappa shape index (κ2) is 6.06. The van der Waals surface area contributed by atoms with Crippen LogP contribution >= 0.6 is 0 Å². The van der Waals surface area contributed by atoms with Crippen molar-refractivity contribution in [3.05, 3.63) is 35.1 Å². The molecule has 1 spiro atoms. The number of fused-ring (bicyclic) bond motifs is 1. The summed E-state index contributed by atoms with van der Waals surface area (Å²) in [7, 11) is 4.20. The summed E-state index contributed by atoms with van der Waals surface area (Å²) in [5.74, 6) is 0.795. The molecule has 1 aromatic rings. The van der Waals surface area contributed by atoms with Crippen LogP contribution in [0.15, 0.2) is 18.2 Å². The summed E-state index contributed by atoms with van der Waals surface area (Å²) in [6.45, 7) is 4.23. The first-order valence-corrected chi connectivity index (χ1v) is 9.23. The zero-order valence-corrected chi connectivity index (χ0v) is 15.3. The predicted molar refractivity (Wildman–Crippen MR) is 93.8 cm³/mol. The first kappa shape index (κ1) is 17.0. The molecule has 3 aliphatic heterocycles. The molecule has 3 aliphatic rings. The molecule has 136 valence electrons. The Bertz CT molecular complexity index is 692. The molecule has 0 N–H and O–H groups in total. The highest BCUT2D eigenvalue weighted by molar-refractivity contribution is 5.79. The van der Waals surface area contributed by atoms with Crippen molar-refractivity contribution in [1.29, 1.82) is 0 Å². The van der Waals surface area contributed by atoms with Crippen LogP contribution in [0, 0.1) is 24.6 Å². The Morgan fingerprint density at radius 2 is 2.24 bits per heavy atom. The van der Waals surface area contributed by atoms with E-state index in [1.54, 1.807) is 13.0 Å². The van der Waals surface area contributed by atoms with Crippen molar-refractivity contribution in [1.82, 2.24) is 9.80 Å². The van der Waals surface area contributed by atoms with Crippen molar-refractivity contribution >= 4 is 5.91 Å². The van der Waals surface area contributed by atoms with Crippen LogP contribution in [0.5, 0.6) is 0 Å². The van der Waals surface area contributed by atoms with E-state index in [9.17, 15) is 9.18 Å². The van der Waals surface area contributed by atoms with Gasteiger partial charge < -0.3 is 14.5 Å². The molecule has 0 unspecified atom stereocenters. The lowest BCUT2D eigenvalue weighted by atomic mass is 9.73. The van der Waals surface area contributed by atoms with E-state index in [1.807, 2.05) is 11.0 Å². The summed E-state index contributed by atoms with van der Waals surface area (Å²) in [6.07, 6.45) is 2.80. The van der Waals surface area contributed by atoms with Gasteiger partial charge in [-0.2, -0.15) is 0 Å². The SMILES string of the molecule is Cc1ccc(CC(=O)N2C[C@@H]3[C@H](CN(C)C)[C@H]4CC[C@]3(C2)O4)cc1F. The van der Waals surface area contributed by atoms with Gasteiger partial charge in [0, 0.05) is 24.9 Å². The highest BCUT2D eigenvalue weighted by Gasteiger charge is 2.63. The largest absolute Gasteiger partial charge is 0.369 e. The van der Waals surface area contributed by atoms with E-state index in [4.69, 9.17) is 4.74 Å². The Morgan fingerprint density at radius 1 is 1.44 bits per heavy atom. The third-order valence-corrected chi connectivity index (χ3v) is 6.30. The number of hydrogen-bond donors (Lipinski definition) is 0. The van der Waals surface area contributed by atoms with Crippen molar-refractivity contribution in [3.63, 3.8) is 0 Å². The third-order valence-electron chi connectivity index (χ3n) is 6.30. The van der Waals surface area contributed by atoms with Crippen molar-refractivity contribution in [2.45, 2.75) is 37.9 Å². The molecular formula is C20H27FN2O2. The number of benzene rings is 1. The van der Waals surface area contributed by atoms with E-state index in [2.05, 4.69) is 19.0 Å². The van der Waals surface area contributed by atoms with Gasteiger partial charge in [-0.3, -0.25) is 4.79 Å². The fraction of sp³-hybridized carbons (Fsp3) is 0.650. The van der Waals surface area contributed by atoms with Crippen LogP contribution in [0.25, 0.3) is 0 Å². The zero-order chi connectivity index (χ0) is 17.8. The van der Waals surface area contributed by atoms with Gasteiger partial charge in [0.15, 0.2) is 0 Å². The minimum absolute atomic E-state index is 0.0858. The van der Waals surface area contributed by atoms with E-state index >= 15 is 0 Å². The average Bonchev–Trinajstić information content (AvgIpc) is 3.20. The van der Waals surface area contributed by atoms with E-state index in [0.29, 0.717) is 30.0 Å². The molecule has 5 heteroatoms. The minimum atomic E-state index is -0.241. The van der Waals surface area contributed by atoms with Crippen LogP contribution in [0.2, 0.25) is 0 Å². The second-order valence-electron chi connectivity index (χ2n) is 8.33. The van der Waals surface area contributed by atoms with Gasteiger partial charge in [0.2, 0.25) is 5.91 Å². The summed E-state index contributed by atoms with van der Waals surface area (Å²) in [4.78, 5) is 17.0. The number of nitrogens with zero attached hydrogens (tertiary/aromatic N) is 2. The standard InChI is InChI=1S/C20H27FN2O2/c1-13-4-5-14(8-17(13)21)9-19(24)23-11-16-15(10-22(2)3)18-6-7-20(16,12-23)25-18/h4-5,8,15-16,18H,6-7,9-12H2,1-3H3/t15-,16+,18+,20+/m0/s1. The average molecular weight is 346 g/mol. The molecule has 0 aliphatic carbocycles. The highest BCUT2D eigenvalue weighted by Crippen LogP contribution is 2.54. The molecule has 1 aromatic carbocycles. The highest BCUT2D eigenvalue weighted by atomic mass is 19.1. The molecule has 2 bridgehead atoms. The first-order valence-electron chi connectivity index (χ1n) is 9.23. The van der Waals surface area contributed by atoms with Gasteiger partial charge in [-0.1, -0.05) is 12.1 Å². The van der Waals surface area contributed by atoms with Gasteiger partial charge in [0.05, 0.1) is 24.7 Å². The van der Waals surface area contributed by atoms with Gasteiger partial charge in [-0.15, -0.1) is 0 Å². The Kier molecular flexibility index (Phi) is 4.12. The quantitative estimate of drug-likeness (QED) is 0.838. The maximum absolute atomic E-state index is 13.7. The number of halogens is 1. The molecule has 4 atom stereocenters. The molecular weight excluding hydrogens is 319 g/mol. The normalized spacial score (nSPS) is 33.3. The smallest absolute Gasteiger partial charge is 0.227 e. The van der Waals surface area contributed by atoms with Crippen LogP contribution in [-0.2, 0) is 16.0 Å². The fourth-order valence-corrected chi connectivity index (χ4v) is 5.08. The maximum atomic E-state index is 13.7. The lowest BCUT2D eigenvalue weighted by Gasteiger charge is -2.30. The van der Waals surface area contributed by atoms with Crippen molar-refractivity contribution < 1.29 is 13.9 Å². The van der Waals surface area contributed by atoms with Gasteiger partial charge in [0.25, 0.3) is 0 Å². The van der Waals surface area contributed by atoms with Crippen molar-refractivity contribution in [2.75, 3.05) is 33.7 Å². The summed E-state index contributed by atoms with van der Waals surface area (Å²) < 4.78 is 20.1. The van der Waals surface area contributed by atoms with Crippen LogP contribution < -0.4 is 0 Å². The summed E-state index contributed by atoms with van der Waals surface area (Å²) >= 11 is 0. The number of aryl methyl sites for hydroxylation is 1. The van der Waals surface area contributed by atoms with Gasteiger partial charge in [-0.25, -0.2) is 4.39 Å². The third kappa shape index (κ3) is 2.87. The molecule has 25 heavy (non-hydrogen) atoms. The number of rotatable bonds is 4. The van der Waals surface area contributed by atoms with Crippen molar-refractivity contribution in [3.8, 4) is 0 Å². The second-order valence-corrected chi connectivity index (χ2v) is 8.33. The fourth-order valence-electron chi connectivity index (χ4n) is 5.08. The number of carbonyl (C=O) groups is 1. The lowest BCUT2D eigenvalue weighted by molar-refractivity contribution is -0.131. The van der Waals surface area contributed by atoms with Crippen LogP contribution in [-0.4, -0.2) is 61.1 Å². The number of ether oxygens (including phenoxy) is 1. The Morgan fingerprint density at radius 3 is 2.96 bits per heavy atom. The number of hydrogen-bond acceptors (Lipinski definition) is 3. The Labute approximate surface area is 148 Å². The van der Waals surface area contributed by atoms with Crippen molar-refractivity contribution in [2.24, 2.45) is 11.8 Å². The molecule has 0 aromatic heterocycles. The van der Waals surface area contributed by atoms with E-state index < -0.39 is 0 Å². The molecule has 4 rings (SSSR count). The number of likely N-dealkylation sites (tertiary alicyclic amines) is 1. The number of carbonyl (C=O) groups excluding carboxylic acids is 1. The molecule has 3 heterocycles. The predicted octanol–water partition coefficient (Wildman–Crippen LogP) is 2.24. The summed E-state index contributed by atoms with van der Waals surface area (Å²) in [6, 6.07) is 5.08. The lowest BCUT2D eigenvalue weighted by Crippen LogP contribution is -2.40. The zero-order valence-electron chi connectivity index (χ0n) is 15.3. The molecule has 0 radical (unpaired) electrons. The molecule has 1 amide bonds.